The van der Waals surface area contributed by atoms with E-state index < -0.39 is 0 Å². The third kappa shape index (κ3) is 3.84. The number of hydrogen-bond donors (Lipinski definition) is 0. The van der Waals surface area contributed by atoms with E-state index in [0.29, 0.717) is 0 Å². The molecule has 0 saturated heterocycles. The van der Waals surface area contributed by atoms with Gasteiger partial charge in [0.05, 0.1) is 5.69 Å². The highest BCUT2D eigenvalue weighted by atomic mass is 16.5. The van der Waals surface area contributed by atoms with Gasteiger partial charge in [-0.3, -0.25) is 4.68 Å². The summed E-state index contributed by atoms with van der Waals surface area (Å²) < 4.78 is 7.73. The third-order valence-corrected chi connectivity index (χ3v) is 3.99. The van der Waals surface area contributed by atoms with E-state index in [1.165, 1.54) is 5.56 Å². The lowest BCUT2D eigenvalue weighted by Gasteiger charge is -2.13. The smallest absolute Gasteiger partial charge is 0.127 e. The van der Waals surface area contributed by atoms with Crippen molar-refractivity contribution in [1.29, 1.82) is 0 Å². The van der Waals surface area contributed by atoms with E-state index >= 15 is 0 Å². The zero-order chi connectivity index (χ0) is 16.9. The fourth-order valence-corrected chi connectivity index (χ4v) is 2.60. The van der Waals surface area contributed by atoms with Crippen molar-refractivity contribution in [3.63, 3.8) is 0 Å². The van der Waals surface area contributed by atoms with Crippen molar-refractivity contribution in [3.8, 4) is 22.8 Å². The van der Waals surface area contributed by atoms with Crippen LogP contribution in [0.25, 0.3) is 11.3 Å². The fraction of sp³-hybridized carbons (Fsp3) is 0.250. The Morgan fingerprint density at radius 3 is 2.33 bits per heavy atom. The lowest BCUT2D eigenvalue weighted by atomic mass is 10.1. The van der Waals surface area contributed by atoms with Crippen LogP contribution in [0, 0.1) is 0 Å². The molecule has 24 heavy (non-hydrogen) atoms. The van der Waals surface area contributed by atoms with Gasteiger partial charge >= 0.3 is 0 Å². The number of rotatable bonds is 6. The molecule has 0 spiro atoms. The zero-order valence-electron chi connectivity index (χ0n) is 14.4. The van der Waals surface area contributed by atoms with Crippen LogP contribution in [0.5, 0.6) is 11.5 Å². The summed E-state index contributed by atoms with van der Waals surface area (Å²) in [5.41, 5.74) is 3.37. The molecule has 3 rings (SSSR count). The molecule has 1 heterocycles. The average Bonchev–Trinajstić information content (AvgIpc) is 2.96. The summed E-state index contributed by atoms with van der Waals surface area (Å²) in [4.78, 5) is 2.27. The number of nitrogens with zero attached hydrogens (tertiary/aromatic N) is 3. The molecule has 0 atom stereocenters. The Morgan fingerprint density at radius 2 is 1.67 bits per heavy atom. The van der Waals surface area contributed by atoms with Gasteiger partial charge in [-0.05, 0) is 50.0 Å². The molecule has 0 amide bonds. The minimum absolute atomic E-state index is 0.827. The molecule has 0 radical (unpaired) electrons. The Hall–Kier alpha value is -2.59. The molecule has 0 saturated carbocycles. The number of benzene rings is 2. The molecular formula is C20H23N3O. The summed E-state index contributed by atoms with van der Waals surface area (Å²) in [5.74, 6) is 1.67. The largest absolute Gasteiger partial charge is 0.457 e. The Bertz CT molecular complexity index is 778. The van der Waals surface area contributed by atoms with Crippen LogP contribution < -0.4 is 4.74 Å². The van der Waals surface area contributed by atoms with E-state index in [4.69, 9.17) is 4.74 Å². The number of aromatic nitrogens is 2. The van der Waals surface area contributed by atoms with Crippen LogP contribution in [0.4, 0.5) is 0 Å². The molecular weight excluding hydrogens is 298 g/mol. The SMILES string of the molecule is CCN(C)Cc1cn(C)nc1-c1ccc(Oc2ccccc2)cc1. The Kier molecular flexibility index (Phi) is 4.96. The molecule has 124 valence electrons. The van der Waals surface area contributed by atoms with Crippen LogP contribution in [0.15, 0.2) is 60.8 Å². The van der Waals surface area contributed by atoms with Gasteiger partial charge in [0.2, 0.25) is 0 Å². The maximum absolute atomic E-state index is 5.85. The molecule has 0 unspecified atom stereocenters. The van der Waals surface area contributed by atoms with Gasteiger partial charge in [0.15, 0.2) is 0 Å². The van der Waals surface area contributed by atoms with Crippen molar-refractivity contribution < 1.29 is 4.74 Å². The summed E-state index contributed by atoms with van der Waals surface area (Å²) in [6, 6.07) is 17.9. The monoisotopic (exact) mass is 321 g/mol. The predicted molar refractivity (Wildman–Crippen MR) is 97.2 cm³/mol. The minimum Gasteiger partial charge on any atom is -0.457 e. The van der Waals surface area contributed by atoms with E-state index in [9.17, 15) is 0 Å². The first kappa shape index (κ1) is 16.3. The van der Waals surface area contributed by atoms with E-state index in [0.717, 1.165) is 35.8 Å². The lowest BCUT2D eigenvalue weighted by molar-refractivity contribution is 0.346. The first-order valence-electron chi connectivity index (χ1n) is 8.20. The van der Waals surface area contributed by atoms with Gasteiger partial charge in [-0.25, -0.2) is 0 Å². The molecule has 4 heteroatoms. The Balaban J connectivity index is 1.81. The normalized spacial score (nSPS) is 11.0. The summed E-state index contributed by atoms with van der Waals surface area (Å²) in [6.07, 6.45) is 2.09. The molecule has 0 fully saturated rings. The molecule has 0 aliphatic carbocycles. The molecule has 0 bridgehead atoms. The van der Waals surface area contributed by atoms with Crippen LogP contribution in [0.2, 0.25) is 0 Å². The van der Waals surface area contributed by atoms with Gasteiger partial charge in [0, 0.05) is 30.9 Å². The Morgan fingerprint density at radius 1 is 1.00 bits per heavy atom. The highest BCUT2D eigenvalue weighted by Crippen LogP contribution is 2.27. The average molecular weight is 321 g/mol. The highest BCUT2D eigenvalue weighted by molar-refractivity contribution is 5.63. The molecule has 2 aromatic carbocycles. The molecule has 1 aromatic heterocycles. The van der Waals surface area contributed by atoms with Gasteiger partial charge < -0.3 is 9.64 Å². The van der Waals surface area contributed by atoms with Crippen LogP contribution in [-0.4, -0.2) is 28.3 Å². The summed E-state index contributed by atoms with van der Waals surface area (Å²) in [6.45, 7) is 4.06. The second-order valence-corrected chi connectivity index (χ2v) is 5.95. The zero-order valence-corrected chi connectivity index (χ0v) is 14.4. The van der Waals surface area contributed by atoms with E-state index in [-0.39, 0.29) is 0 Å². The minimum atomic E-state index is 0.827. The lowest BCUT2D eigenvalue weighted by Crippen LogP contribution is -2.16. The maximum atomic E-state index is 5.85. The Labute approximate surface area is 143 Å². The molecule has 0 N–H and O–H groups in total. The number of hydrogen-bond acceptors (Lipinski definition) is 3. The van der Waals surface area contributed by atoms with Gasteiger partial charge in [0.25, 0.3) is 0 Å². The molecule has 0 aliphatic heterocycles. The van der Waals surface area contributed by atoms with Crippen LogP contribution in [0.1, 0.15) is 12.5 Å². The summed E-state index contributed by atoms with van der Waals surface area (Å²) in [5, 5.41) is 4.63. The molecule has 3 aromatic rings. The van der Waals surface area contributed by atoms with Gasteiger partial charge in [0.1, 0.15) is 11.5 Å². The third-order valence-electron chi connectivity index (χ3n) is 3.99. The van der Waals surface area contributed by atoms with Crippen LogP contribution in [-0.2, 0) is 13.6 Å². The first-order chi connectivity index (χ1) is 11.7. The summed E-state index contributed by atoms with van der Waals surface area (Å²) in [7, 11) is 4.08. The van der Waals surface area contributed by atoms with Gasteiger partial charge in [-0.2, -0.15) is 5.10 Å². The van der Waals surface area contributed by atoms with Crippen LogP contribution in [0.3, 0.4) is 0 Å². The highest BCUT2D eigenvalue weighted by Gasteiger charge is 2.12. The first-order valence-corrected chi connectivity index (χ1v) is 8.20. The standard InChI is InChI=1S/C20H23N3O/c1-4-22(2)14-17-15-23(3)21-20(17)16-10-12-19(13-11-16)24-18-8-6-5-7-9-18/h5-13,15H,4,14H2,1-3H3. The van der Waals surface area contributed by atoms with E-state index in [1.807, 2.05) is 54.2 Å². The van der Waals surface area contributed by atoms with Crippen molar-refractivity contribution in [3.05, 3.63) is 66.4 Å². The topological polar surface area (TPSA) is 30.3 Å². The maximum Gasteiger partial charge on any atom is 0.127 e. The fourth-order valence-electron chi connectivity index (χ4n) is 2.60. The van der Waals surface area contributed by atoms with Crippen molar-refractivity contribution >= 4 is 0 Å². The van der Waals surface area contributed by atoms with Crippen molar-refractivity contribution in [2.75, 3.05) is 13.6 Å². The molecule has 0 aliphatic rings. The number of ether oxygens (including phenoxy) is 1. The van der Waals surface area contributed by atoms with Crippen molar-refractivity contribution in [2.45, 2.75) is 13.5 Å². The van der Waals surface area contributed by atoms with Crippen molar-refractivity contribution in [1.82, 2.24) is 14.7 Å². The summed E-state index contributed by atoms with van der Waals surface area (Å²) >= 11 is 0. The predicted octanol–water partition coefficient (Wildman–Crippen LogP) is 4.33. The van der Waals surface area contributed by atoms with E-state index in [1.54, 1.807) is 0 Å². The number of para-hydroxylation sites is 1. The van der Waals surface area contributed by atoms with Gasteiger partial charge in [-0.1, -0.05) is 25.1 Å². The number of aryl methyl sites for hydroxylation is 1. The van der Waals surface area contributed by atoms with Gasteiger partial charge in [-0.15, -0.1) is 0 Å². The van der Waals surface area contributed by atoms with E-state index in [2.05, 4.69) is 42.3 Å². The van der Waals surface area contributed by atoms with Crippen LogP contribution >= 0.6 is 0 Å². The second kappa shape index (κ2) is 7.32. The van der Waals surface area contributed by atoms with Crippen molar-refractivity contribution in [2.24, 2.45) is 7.05 Å². The quantitative estimate of drug-likeness (QED) is 0.677. The second-order valence-electron chi connectivity index (χ2n) is 5.95. The molecule has 4 nitrogen and oxygen atoms in total.